The molecule has 2 bridgehead atoms. The van der Waals surface area contributed by atoms with E-state index in [9.17, 15) is 9.90 Å². The number of piperidine rings is 1. The van der Waals surface area contributed by atoms with Gasteiger partial charge >= 0.3 is 0 Å². The van der Waals surface area contributed by atoms with Crippen molar-refractivity contribution in [3.05, 3.63) is 34.2 Å². The molecule has 2 aliphatic rings. The first-order chi connectivity index (χ1) is 10.5. The summed E-state index contributed by atoms with van der Waals surface area (Å²) < 4.78 is 7.43. The molecule has 1 fully saturated rings. The second-order valence-corrected chi connectivity index (χ2v) is 6.95. The predicted molar refractivity (Wildman–Crippen MR) is 85.1 cm³/mol. The molecule has 1 N–H and O–H groups in total. The third-order valence-electron chi connectivity index (χ3n) is 4.65. The van der Waals surface area contributed by atoms with E-state index in [-0.39, 0.29) is 11.7 Å². The zero-order valence-electron chi connectivity index (χ0n) is 13.4. The number of ether oxygens (including phenoxy) is 1. The molecule has 3 rings (SSSR count). The van der Waals surface area contributed by atoms with Gasteiger partial charge in [0.15, 0.2) is 0 Å². The largest absolute Gasteiger partial charge is 0.389 e. The third kappa shape index (κ3) is 3.42. The Balaban J connectivity index is 1.65. The van der Waals surface area contributed by atoms with Crippen molar-refractivity contribution in [3.8, 4) is 0 Å². The highest BCUT2D eigenvalue weighted by Gasteiger charge is 2.34. The van der Waals surface area contributed by atoms with E-state index < -0.39 is 6.10 Å². The lowest BCUT2D eigenvalue weighted by Crippen LogP contribution is -2.49. The average Bonchev–Trinajstić information content (AvgIpc) is 2.46. The summed E-state index contributed by atoms with van der Waals surface area (Å²) in [4.78, 5) is 14.3. The molecule has 0 unspecified atom stereocenters. The highest BCUT2D eigenvalue weighted by Crippen LogP contribution is 2.34. The van der Waals surface area contributed by atoms with Crippen LogP contribution in [-0.4, -0.2) is 53.0 Å². The summed E-state index contributed by atoms with van der Waals surface area (Å²) in [6, 6.07) is 5.58. The fourth-order valence-corrected chi connectivity index (χ4v) is 3.80. The van der Waals surface area contributed by atoms with E-state index >= 15 is 0 Å². The van der Waals surface area contributed by atoms with Crippen LogP contribution in [-0.2, 0) is 11.3 Å². The molecule has 5 nitrogen and oxygen atoms in total. The van der Waals surface area contributed by atoms with Crippen molar-refractivity contribution in [2.75, 3.05) is 26.2 Å². The van der Waals surface area contributed by atoms with Crippen LogP contribution in [0.3, 0.4) is 0 Å². The molecule has 0 amide bonds. The number of β-amino-alcohol motifs (C(OH)–C–C–N with tert-alkyl or cyclic N) is 1. The molecule has 5 heteroatoms. The number of fused-ring (bicyclic) bond motifs is 4. The Morgan fingerprint density at radius 2 is 2.14 bits per heavy atom. The van der Waals surface area contributed by atoms with E-state index in [0.717, 1.165) is 31.7 Å². The quantitative estimate of drug-likeness (QED) is 0.883. The Morgan fingerprint density at radius 3 is 2.91 bits per heavy atom. The van der Waals surface area contributed by atoms with Crippen LogP contribution in [0.4, 0.5) is 0 Å². The maximum Gasteiger partial charge on any atom is 0.250 e. The maximum absolute atomic E-state index is 12.0. The van der Waals surface area contributed by atoms with E-state index in [1.165, 1.54) is 0 Å². The van der Waals surface area contributed by atoms with Crippen LogP contribution in [0.5, 0.6) is 0 Å². The number of hydrogen-bond acceptors (Lipinski definition) is 4. The number of aliphatic hydroxyl groups is 1. The molecule has 22 heavy (non-hydrogen) atoms. The molecule has 0 spiro atoms. The van der Waals surface area contributed by atoms with E-state index in [1.54, 1.807) is 6.07 Å². The first kappa shape index (κ1) is 15.7. The van der Waals surface area contributed by atoms with Crippen LogP contribution >= 0.6 is 0 Å². The van der Waals surface area contributed by atoms with Crippen LogP contribution in [0.25, 0.3) is 0 Å². The van der Waals surface area contributed by atoms with Crippen LogP contribution in [0.15, 0.2) is 23.0 Å². The van der Waals surface area contributed by atoms with Gasteiger partial charge in [-0.05, 0) is 32.3 Å². The Morgan fingerprint density at radius 1 is 1.32 bits per heavy atom. The molecule has 2 aliphatic heterocycles. The fourth-order valence-electron chi connectivity index (χ4n) is 3.80. The molecule has 3 atom stereocenters. The Hall–Kier alpha value is -1.17. The van der Waals surface area contributed by atoms with Crippen molar-refractivity contribution < 1.29 is 9.84 Å². The first-order valence-corrected chi connectivity index (χ1v) is 8.24. The number of likely N-dealkylation sites (tertiary alicyclic amines) is 1. The van der Waals surface area contributed by atoms with Crippen LogP contribution in [0.2, 0.25) is 0 Å². The molecule has 1 aromatic rings. The molecule has 1 saturated heterocycles. The zero-order chi connectivity index (χ0) is 15.7. The van der Waals surface area contributed by atoms with Crippen molar-refractivity contribution in [3.63, 3.8) is 0 Å². The van der Waals surface area contributed by atoms with Crippen molar-refractivity contribution in [2.45, 2.75) is 44.9 Å². The van der Waals surface area contributed by atoms with Gasteiger partial charge in [0.05, 0.1) is 18.8 Å². The number of hydrogen-bond donors (Lipinski definition) is 1. The highest BCUT2D eigenvalue weighted by atomic mass is 16.5. The lowest BCUT2D eigenvalue weighted by Gasteiger charge is -2.43. The molecular weight excluding hydrogens is 280 g/mol. The first-order valence-electron chi connectivity index (χ1n) is 8.24. The van der Waals surface area contributed by atoms with Crippen molar-refractivity contribution in [1.82, 2.24) is 9.47 Å². The lowest BCUT2D eigenvalue weighted by molar-refractivity contribution is -0.0174. The second-order valence-electron chi connectivity index (χ2n) is 6.95. The van der Waals surface area contributed by atoms with Crippen LogP contribution < -0.4 is 5.56 Å². The van der Waals surface area contributed by atoms with Gasteiger partial charge in [-0.25, -0.2) is 0 Å². The number of rotatable bonds is 5. The fraction of sp³-hybridized carbons (Fsp3) is 0.706. The summed E-state index contributed by atoms with van der Waals surface area (Å²) >= 11 is 0. The van der Waals surface area contributed by atoms with Gasteiger partial charge in [-0.2, -0.15) is 0 Å². The Labute approximate surface area is 131 Å². The van der Waals surface area contributed by atoms with Gasteiger partial charge in [0.25, 0.3) is 5.56 Å². The summed E-state index contributed by atoms with van der Waals surface area (Å²) in [5.74, 6) is 0.907. The molecule has 0 aromatic carbocycles. The second kappa shape index (κ2) is 6.52. The van der Waals surface area contributed by atoms with Gasteiger partial charge in [0, 0.05) is 43.9 Å². The van der Waals surface area contributed by atoms with Crippen LogP contribution in [0, 0.1) is 5.92 Å². The van der Waals surface area contributed by atoms with Crippen molar-refractivity contribution in [2.24, 2.45) is 5.92 Å². The molecule has 0 radical (unpaired) electrons. The molecule has 0 saturated carbocycles. The van der Waals surface area contributed by atoms with E-state index in [1.807, 2.05) is 24.5 Å². The molecule has 122 valence electrons. The maximum atomic E-state index is 12.0. The van der Waals surface area contributed by atoms with Crippen molar-refractivity contribution in [1.29, 1.82) is 0 Å². The van der Waals surface area contributed by atoms with Gasteiger partial charge in [0.2, 0.25) is 0 Å². The minimum absolute atomic E-state index is 0.117. The monoisotopic (exact) mass is 306 g/mol. The average molecular weight is 306 g/mol. The summed E-state index contributed by atoms with van der Waals surface area (Å²) in [6.45, 7) is 7.67. The van der Waals surface area contributed by atoms with E-state index in [0.29, 0.717) is 25.0 Å². The minimum Gasteiger partial charge on any atom is -0.389 e. The van der Waals surface area contributed by atoms with E-state index in [4.69, 9.17) is 4.74 Å². The number of nitrogens with zero attached hydrogens (tertiary/aromatic N) is 2. The smallest absolute Gasteiger partial charge is 0.250 e. The van der Waals surface area contributed by atoms with Gasteiger partial charge in [-0.1, -0.05) is 6.07 Å². The third-order valence-corrected chi connectivity index (χ3v) is 4.65. The van der Waals surface area contributed by atoms with E-state index in [2.05, 4.69) is 11.0 Å². The number of aliphatic hydroxyl groups excluding tert-OH is 1. The van der Waals surface area contributed by atoms with Gasteiger partial charge < -0.3 is 14.4 Å². The standard InChI is InChI=1S/C17H26N2O3/c1-12(2)22-11-15(20)10-18-7-13-6-14(9-18)16-4-3-5-17(21)19(16)8-13/h3-5,12-15,20H,6-11H2,1-2H3/t13-,14-,15-/m1/s1. The highest BCUT2D eigenvalue weighted by molar-refractivity contribution is 5.16. The molecule has 3 heterocycles. The molecule has 1 aromatic heterocycles. The summed E-state index contributed by atoms with van der Waals surface area (Å²) in [7, 11) is 0. The van der Waals surface area contributed by atoms with Crippen molar-refractivity contribution >= 4 is 0 Å². The topological polar surface area (TPSA) is 54.7 Å². The normalized spacial score (nSPS) is 26.0. The summed E-state index contributed by atoms with van der Waals surface area (Å²) in [5, 5.41) is 10.1. The minimum atomic E-state index is -0.445. The predicted octanol–water partition coefficient (Wildman–Crippen LogP) is 1.05. The zero-order valence-corrected chi connectivity index (χ0v) is 13.4. The van der Waals surface area contributed by atoms with Gasteiger partial charge in [-0.15, -0.1) is 0 Å². The van der Waals surface area contributed by atoms with Crippen LogP contribution in [0.1, 0.15) is 31.9 Å². The van der Waals surface area contributed by atoms with Gasteiger partial charge in [0.1, 0.15) is 0 Å². The number of aromatic nitrogens is 1. The summed E-state index contributed by atoms with van der Waals surface area (Å²) in [6.07, 6.45) is 0.853. The number of pyridine rings is 1. The lowest BCUT2D eigenvalue weighted by atomic mass is 9.83. The molecular formula is C17H26N2O3. The molecule has 0 aliphatic carbocycles. The Bertz CT molecular complexity index is 569. The summed E-state index contributed by atoms with van der Waals surface area (Å²) in [5.41, 5.74) is 1.27. The Kier molecular flexibility index (Phi) is 4.66. The SMILES string of the molecule is CC(C)OC[C@H](O)CN1C[C@H]2C[C@H](C1)c1cccc(=O)n1C2. The van der Waals surface area contributed by atoms with Gasteiger partial charge in [-0.3, -0.25) is 9.69 Å².